The summed E-state index contributed by atoms with van der Waals surface area (Å²) in [4.78, 5) is 27.1. The fourth-order valence-corrected chi connectivity index (χ4v) is 5.18. The molecule has 1 heterocycles. The molecule has 0 unspecified atom stereocenters. The van der Waals surface area contributed by atoms with E-state index in [1.807, 2.05) is 0 Å². The second kappa shape index (κ2) is 9.09. The summed E-state index contributed by atoms with van der Waals surface area (Å²) in [5, 5.41) is 2.78. The van der Waals surface area contributed by atoms with Crippen molar-refractivity contribution < 1.29 is 13.2 Å². The van der Waals surface area contributed by atoms with Gasteiger partial charge in [-0.1, -0.05) is 25.4 Å². The van der Waals surface area contributed by atoms with Crippen LogP contribution in [0.4, 0.5) is 5.69 Å². The molecule has 0 atom stereocenters. The minimum atomic E-state index is -3.78. The molecule has 1 aromatic heterocycles. The van der Waals surface area contributed by atoms with Crippen molar-refractivity contribution >= 4 is 33.2 Å². The Kier molecular flexibility index (Phi) is 6.68. The monoisotopic (exact) mass is 462 g/mol. The van der Waals surface area contributed by atoms with Crippen molar-refractivity contribution in [1.29, 1.82) is 0 Å². The lowest BCUT2D eigenvalue weighted by molar-refractivity contribution is 0.102. The molecular formula is C21H23ClN4O4S. The van der Waals surface area contributed by atoms with Crippen molar-refractivity contribution in [2.45, 2.75) is 25.7 Å². The standard InChI is InChI=1S/C21H23ClN4O4S/c1-4-25(5-2)31(29,30)19-12-16(8-11-18(19)22)24-20(27)15-6-9-17(10-7-15)26-14(3)13-23-21(26)28/h6-13H,4-5H2,1-3H3,(H,23,28)(H,24,27). The van der Waals surface area contributed by atoms with E-state index in [4.69, 9.17) is 11.6 Å². The second-order valence-corrected chi connectivity index (χ2v) is 9.12. The Morgan fingerprint density at radius 1 is 1.13 bits per heavy atom. The number of rotatable bonds is 7. The summed E-state index contributed by atoms with van der Waals surface area (Å²) >= 11 is 6.14. The first kappa shape index (κ1) is 22.8. The number of imidazole rings is 1. The Labute approximate surface area is 185 Å². The summed E-state index contributed by atoms with van der Waals surface area (Å²) in [6.45, 7) is 5.90. The Morgan fingerprint density at radius 2 is 1.77 bits per heavy atom. The average Bonchev–Trinajstić information content (AvgIpc) is 3.08. The number of anilines is 1. The van der Waals surface area contributed by atoms with Gasteiger partial charge in [-0.25, -0.2) is 13.2 Å². The number of benzene rings is 2. The fraction of sp³-hybridized carbons (Fsp3) is 0.238. The molecule has 3 aromatic rings. The number of aromatic nitrogens is 2. The van der Waals surface area contributed by atoms with Gasteiger partial charge in [0.2, 0.25) is 10.0 Å². The number of hydrogen-bond acceptors (Lipinski definition) is 4. The van der Waals surface area contributed by atoms with Crippen molar-refractivity contribution in [2.75, 3.05) is 18.4 Å². The summed E-state index contributed by atoms with van der Waals surface area (Å²) in [6.07, 6.45) is 1.60. The van der Waals surface area contributed by atoms with Crippen LogP contribution in [0, 0.1) is 6.92 Å². The largest absolute Gasteiger partial charge is 0.330 e. The van der Waals surface area contributed by atoms with Crippen LogP contribution in [0.1, 0.15) is 29.9 Å². The topological polar surface area (TPSA) is 104 Å². The molecule has 1 amide bonds. The zero-order chi connectivity index (χ0) is 22.8. The molecule has 164 valence electrons. The van der Waals surface area contributed by atoms with Gasteiger partial charge >= 0.3 is 5.69 Å². The van der Waals surface area contributed by atoms with Crippen molar-refractivity contribution in [3.63, 3.8) is 0 Å². The minimum Gasteiger partial charge on any atom is -0.322 e. The maximum absolute atomic E-state index is 12.8. The molecule has 2 aromatic carbocycles. The van der Waals surface area contributed by atoms with Crippen LogP contribution in [-0.4, -0.2) is 41.3 Å². The third kappa shape index (κ3) is 4.58. The van der Waals surface area contributed by atoms with E-state index < -0.39 is 15.9 Å². The molecule has 0 radical (unpaired) electrons. The molecular weight excluding hydrogens is 440 g/mol. The van der Waals surface area contributed by atoms with E-state index >= 15 is 0 Å². The molecule has 31 heavy (non-hydrogen) atoms. The molecule has 0 bridgehead atoms. The number of nitrogens with zero attached hydrogens (tertiary/aromatic N) is 2. The van der Waals surface area contributed by atoms with E-state index in [2.05, 4.69) is 10.3 Å². The van der Waals surface area contributed by atoms with Gasteiger partial charge in [-0.15, -0.1) is 0 Å². The Bertz CT molecular complexity index is 1260. The number of H-pyrrole nitrogens is 1. The van der Waals surface area contributed by atoms with Crippen LogP contribution in [0.2, 0.25) is 5.02 Å². The van der Waals surface area contributed by atoms with E-state index in [-0.39, 0.29) is 15.6 Å². The SMILES string of the molecule is CCN(CC)S(=O)(=O)c1cc(NC(=O)c2ccc(-n3c(C)c[nH]c3=O)cc2)ccc1Cl. The quantitative estimate of drug-likeness (QED) is 0.561. The smallest absolute Gasteiger partial charge is 0.322 e. The van der Waals surface area contributed by atoms with E-state index in [1.165, 1.54) is 21.0 Å². The van der Waals surface area contributed by atoms with Gasteiger partial charge in [0.1, 0.15) is 4.90 Å². The molecule has 0 aliphatic carbocycles. The normalized spacial score (nSPS) is 11.6. The second-order valence-electron chi connectivity index (χ2n) is 6.81. The average molecular weight is 463 g/mol. The predicted octanol–water partition coefficient (Wildman–Crippen LogP) is 3.41. The number of amides is 1. The molecule has 0 aliphatic heterocycles. The Morgan fingerprint density at radius 3 is 2.32 bits per heavy atom. The highest BCUT2D eigenvalue weighted by Crippen LogP contribution is 2.28. The summed E-state index contributed by atoms with van der Waals surface area (Å²) in [7, 11) is -3.78. The number of hydrogen-bond donors (Lipinski definition) is 2. The van der Waals surface area contributed by atoms with Crippen LogP contribution >= 0.6 is 11.6 Å². The minimum absolute atomic E-state index is 0.0617. The number of sulfonamides is 1. The van der Waals surface area contributed by atoms with Gasteiger partial charge in [-0.3, -0.25) is 9.36 Å². The van der Waals surface area contributed by atoms with E-state index in [0.717, 1.165) is 5.69 Å². The van der Waals surface area contributed by atoms with Crippen molar-refractivity contribution in [3.05, 3.63) is 75.4 Å². The Hall–Kier alpha value is -2.88. The number of carbonyl (C=O) groups is 1. The first-order valence-corrected chi connectivity index (χ1v) is 11.5. The van der Waals surface area contributed by atoms with Crippen LogP contribution in [0.15, 0.2) is 58.4 Å². The first-order valence-electron chi connectivity index (χ1n) is 9.67. The summed E-state index contributed by atoms with van der Waals surface area (Å²) in [6, 6.07) is 10.8. The maximum Gasteiger partial charge on any atom is 0.330 e. The van der Waals surface area contributed by atoms with Gasteiger partial charge in [0.05, 0.1) is 10.7 Å². The van der Waals surface area contributed by atoms with Crippen LogP contribution in [0.3, 0.4) is 0 Å². The Balaban J connectivity index is 1.85. The number of aromatic amines is 1. The molecule has 2 N–H and O–H groups in total. The van der Waals surface area contributed by atoms with Gasteiger partial charge in [-0.05, 0) is 49.4 Å². The number of aryl methyl sites for hydroxylation is 1. The van der Waals surface area contributed by atoms with Crippen LogP contribution in [0.25, 0.3) is 5.69 Å². The molecule has 8 nitrogen and oxygen atoms in total. The van der Waals surface area contributed by atoms with Gasteiger partial charge in [-0.2, -0.15) is 4.31 Å². The first-order chi connectivity index (χ1) is 14.7. The van der Waals surface area contributed by atoms with Crippen LogP contribution < -0.4 is 11.0 Å². The van der Waals surface area contributed by atoms with Gasteiger partial charge in [0.25, 0.3) is 5.91 Å². The van der Waals surface area contributed by atoms with E-state index in [1.54, 1.807) is 57.3 Å². The third-order valence-electron chi connectivity index (χ3n) is 4.86. The highest BCUT2D eigenvalue weighted by Gasteiger charge is 2.25. The zero-order valence-electron chi connectivity index (χ0n) is 17.3. The molecule has 3 rings (SSSR count). The molecule has 0 aliphatic rings. The van der Waals surface area contributed by atoms with Crippen molar-refractivity contribution in [2.24, 2.45) is 0 Å². The van der Waals surface area contributed by atoms with E-state index in [0.29, 0.717) is 30.0 Å². The molecule has 0 fully saturated rings. The van der Waals surface area contributed by atoms with Crippen LogP contribution in [-0.2, 0) is 10.0 Å². The van der Waals surface area contributed by atoms with Gasteiger partial charge < -0.3 is 10.3 Å². The molecule has 0 saturated carbocycles. The fourth-order valence-electron chi connectivity index (χ4n) is 3.22. The van der Waals surface area contributed by atoms with Crippen molar-refractivity contribution in [1.82, 2.24) is 13.9 Å². The maximum atomic E-state index is 12.8. The molecule has 0 saturated heterocycles. The number of halogens is 1. The lowest BCUT2D eigenvalue weighted by Gasteiger charge is -2.19. The summed E-state index contributed by atoms with van der Waals surface area (Å²) < 4.78 is 28.4. The number of carbonyl (C=O) groups excluding carboxylic acids is 1. The summed E-state index contributed by atoms with van der Waals surface area (Å²) in [5.74, 6) is -0.418. The molecule has 0 spiro atoms. The summed E-state index contributed by atoms with van der Waals surface area (Å²) in [5.41, 5.74) is 1.76. The number of nitrogens with one attached hydrogen (secondary N) is 2. The predicted molar refractivity (Wildman–Crippen MR) is 121 cm³/mol. The van der Waals surface area contributed by atoms with E-state index in [9.17, 15) is 18.0 Å². The van der Waals surface area contributed by atoms with Gasteiger partial charge in [0.15, 0.2) is 0 Å². The lowest BCUT2D eigenvalue weighted by Crippen LogP contribution is -2.30. The highest BCUT2D eigenvalue weighted by molar-refractivity contribution is 7.89. The third-order valence-corrected chi connectivity index (χ3v) is 7.39. The van der Waals surface area contributed by atoms with Crippen molar-refractivity contribution in [3.8, 4) is 5.69 Å². The lowest BCUT2D eigenvalue weighted by atomic mass is 10.2. The zero-order valence-corrected chi connectivity index (χ0v) is 18.9. The van der Waals surface area contributed by atoms with Crippen LogP contribution in [0.5, 0.6) is 0 Å². The molecule has 10 heteroatoms. The van der Waals surface area contributed by atoms with Gasteiger partial charge in [0, 0.05) is 36.2 Å². The highest BCUT2D eigenvalue weighted by atomic mass is 35.5.